The van der Waals surface area contributed by atoms with Gasteiger partial charge in [-0.2, -0.15) is 4.98 Å². The van der Waals surface area contributed by atoms with Crippen LogP contribution in [0.25, 0.3) is 12.2 Å². The lowest BCUT2D eigenvalue weighted by Gasteiger charge is -2.30. The van der Waals surface area contributed by atoms with Gasteiger partial charge in [0.15, 0.2) is 5.82 Å². The first-order valence-corrected chi connectivity index (χ1v) is 8.11. The van der Waals surface area contributed by atoms with Crippen LogP contribution in [0.15, 0.2) is 27.2 Å². The largest absolute Gasteiger partial charge is 0.335 e. The lowest BCUT2D eigenvalue weighted by Crippen LogP contribution is -2.44. The van der Waals surface area contributed by atoms with Gasteiger partial charge in [-0.1, -0.05) is 33.2 Å². The molecule has 0 radical (unpaired) electrons. The molecule has 1 atom stereocenters. The molecular formula is C16H20BrClN4O. The number of halogens is 2. The fourth-order valence-electron chi connectivity index (χ4n) is 2.47. The van der Waals surface area contributed by atoms with E-state index in [-0.39, 0.29) is 18.4 Å². The smallest absolute Gasteiger partial charge is 0.250 e. The zero-order chi connectivity index (χ0) is 15.5. The lowest BCUT2D eigenvalue weighted by molar-refractivity contribution is 0.190. The minimum atomic E-state index is 0. The third-order valence-corrected chi connectivity index (χ3v) is 4.51. The monoisotopic (exact) mass is 398 g/mol. The van der Waals surface area contributed by atoms with Crippen LogP contribution in [0.4, 0.5) is 0 Å². The summed E-state index contributed by atoms with van der Waals surface area (Å²) in [7, 11) is 2.08. The predicted octanol–water partition coefficient (Wildman–Crippen LogP) is 3.31. The van der Waals surface area contributed by atoms with Crippen molar-refractivity contribution in [3.8, 4) is 0 Å². The molecule has 2 aromatic rings. The molecule has 1 aromatic heterocycles. The molecular weight excluding hydrogens is 380 g/mol. The number of benzene rings is 1. The standard InChI is InChI=1S/C16H19BrN4O.ClH/c1-11-3-4-12(13(17)9-11)5-6-15-19-16(20-22-15)14-10-18-7-8-21(14)2;/h3-6,9,14,18H,7-8,10H2,1-2H3;1H/b6-5+;. The lowest BCUT2D eigenvalue weighted by atomic mass is 10.1. The van der Waals surface area contributed by atoms with Gasteiger partial charge in [0.05, 0.1) is 6.04 Å². The van der Waals surface area contributed by atoms with E-state index in [0.29, 0.717) is 5.89 Å². The highest BCUT2D eigenvalue weighted by molar-refractivity contribution is 9.10. The van der Waals surface area contributed by atoms with Crippen LogP contribution in [0.5, 0.6) is 0 Å². The Labute approximate surface area is 150 Å². The number of nitrogens with zero attached hydrogens (tertiary/aromatic N) is 3. The zero-order valence-electron chi connectivity index (χ0n) is 13.1. The van der Waals surface area contributed by atoms with Gasteiger partial charge >= 0.3 is 0 Å². The van der Waals surface area contributed by atoms with Crippen LogP contribution in [0, 0.1) is 6.92 Å². The third kappa shape index (κ3) is 4.41. The number of aromatic nitrogens is 2. The Morgan fingerprint density at radius 2 is 2.22 bits per heavy atom. The van der Waals surface area contributed by atoms with Gasteiger partial charge in [0.2, 0.25) is 0 Å². The molecule has 0 aliphatic carbocycles. The zero-order valence-corrected chi connectivity index (χ0v) is 15.5. The number of nitrogens with one attached hydrogen (secondary N) is 1. The highest BCUT2D eigenvalue weighted by Gasteiger charge is 2.24. The fraction of sp³-hybridized carbons (Fsp3) is 0.375. The minimum absolute atomic E-state index is 0. The maximum absolute atomic E-state index is 5.33. The minimum Gasteiger partial charge on any atom is -0.335 e. The molecule has 124 valence electrons. The molecule has 0 amide bonds. The second-order valence-electron chi connectivity index (χ2n) is 5.55. The van der Waals surface area contributed by atoms with Crippen LogP contribution in [0.2, 0.25) is 0 Å². The Morgan fingerprint density at radius 1 is 1.39 bits per heavy atom. The van der Waals surface area contributed by atoms with Crippen molar-refractivity contribution in [2.24, 2.45) is 0 Å². The van der Waals surface area contributed by atoms with Crippen LogP contribution < -0.4 is 5.32 Å². The normalized spacial score (nSPS) is 19.0. The summed E-state index contributed by atoms with van der Waals surface area (Å²) in [6.45, 7) is 4.90. The number of rotatable bonds is 3. The van der Waals surface area contributed by atoms with Crippen molar-refractivity contribution in [2.75, 3.05) is 26.7 Å². The summed E-state index contributed by atoms with van der Waals surface area (Å²) in [4.78, 5) is 6.73. The molecule has 2 heterocycles. The van der Waals surface area contributed by atoms with E-state index in [1.807, 2.05) is 12.2 Å². The Balaban J connectivity index is 0.00000192. The highest BCUT2D eigenvalue weighted by atomic mass is 79.9. The van der Waals surface area contributed by atoms with Crippen molar-refractivity contribution in [1.82, 2.24) is 20.4 Å². The van der Waals surface area contributed by atoms with Gasteiger partial charge in [0, 0.05) is 30.2 Å². The number of likely N-dealkylation sites (N-methyl/N-ethyl adjacent to an activating group) is 1. The summed E-state index contributed by atoms with van der Waals surface area (Å²) in [5.41, 5.74) is 2.30. The van der Waals surface area contributed by atoms with Crippen molar-refractivity contribution in [3.05, 3.63) is 45.5 Å². The molecule has 1 aromatic carbocycles. The van der Waals surface area contributed by atoms with Gasteiger partial charge < -0.3 is 9.84 Å². The van der Waals surface area contributed by atoms with Crippen molar-refractivity contribution in [2.45, 2.75) is 13.0 Å². The van der Waals surface area contributed by atoms with Gasteiger partial charge in [-0.25, -0.2) is 0 Å². The highest BCUT2D eigenvalue weighted by Crippen LogP contribution is 2.21. The Morgan fingerprint density at radius 3 is 2.96 bits per heavy atom. The van der Waals surface area contributed by atoms with Crippen molar-refractivity contribution >= 4 is 40.5 Å². The van der Waals surface area contributed by atoms with E-state index in [4.69, 9.17) is 4.52 Å². The first-order chi connectivity index (χ1) is 10.6. The van der Waals surface area contributed by atoms with Gasteiger partial charge in [0.25, 0.3) is 5.89 Å². The molecule has 1 fully saturated rings. The van der Waals surface area contributed by atoms with Crippen LogP contribution in [0.1, 0.15) is 28.9 Å². The Hall–Kier alpha value is -1.21. The van der Waals surface area contributed by atoms with Gasteiger partial charge in [-0.05, 0) is 37.2 Å². The van der Waals surface area contributed by atoms with E-state index in [1.54, 1.807) is 0 Å². The summed E-state index contributed by atoms with van der Waals surface area (Å²) < 4.78 is 6.39. The molecule has 1 unspecified atom stereocenters. The second kappa shape index (κ2) is 8.06. The molecule has 0 spiro atoms. The second-order valence-corrected chi connectivity index (χ2v) is 6.40. The van der Waals surface area contributed by atoms with E-state index in [1.165, 1.54) is 5.56 Å². The molecule has 0 bridgehead atoms. The topological polar surface area (TPSA) is 54.2 Å². The molecule has 1 N–H and O–H groups in total. The molecule has 23 heavy (non-hydrogen) atoms. The van der Waals surface area contributed by atoms with E-state index >= 15 is 0 Å². The average Bonchev–Trinajstić information content (AvgIpc) is 2.95. The van der Waals surface area contributed by atoms with E-state index in [2.05, 4.69) is 68.5 Å². The van der Waals surface area contributed by atoms with Crippen LogP contribution in [-0.2, 0) is 0 Å². The van der Waals surface area contributed by atoms with Gasteiger partial charge in [-0.15, -0.1) is 12.4 Å². The third-order valence-electron chi connectivity index (χ3n) is 3.83. The first kappa shape index (κ1) is 18.1. The summed E-state index contributed by atoms with van der Waals surface area (Å²) in [5, 5.41) is 7.46. The van der Waals surface area contributed by atoms with Gasteiger partial charge in [-0.3, -0.25) is 4.90 Å². The SMILES string of the molecule is Cc1ccc(/C=C/c2nc(C3CNCCN3C)no2)c(Br)c1.Cl. The summed E-state index contributed by atoms with van der Waals surface area (Å²) in [5.74, 6) is 1.26. The number of hydrogen-bond acceptors (Lipinski definition) is 5. The molecule has 1 aliphatic rings. The predicted molar refractivity (Wildman–Crippen MR) is 97.6 cm³/mol. The van der Waals surface area contributed by atoms with Crippen molar-refractivity contribution < 1.29 is 4.52 Å². The van der Waals surface area contributed by atoms with Crippen LogP contribution in [-0.4, -0.2) is 41.7 Å². The van der Waals surface area contributed by atoms with Gasteiger partial charge in [0.1, 0.15) is 0 Å². The van der Waals surface area contributed by atoms with E-state index in [9.17, 15) is 0 Å². The molecule has 5 nitrogen and oxygen atoms in total. The van der Waals surface area contributed by atoms with Crippen molar-refractivity contribution in [1.29, 1.82) is 0 Å². The van der Waals surface area contributed by atoms with E-state index in [0.717, 1.165) is 35.5 Å². The molecule has 3 rings (SSSR count). The van der Waals surface area contributed by atoms with Crippen LogP contribution in [0.3, 0.4) is 0 Å². The fourth-order valence-corrected chi connectivity index (χ4v) is 3.10. The van der Waals surface area contributed by atoms with E-state index < -0.39 is 0 Å². The average molecular weight is 400 g/mol. The number of piperazine rings is 1. The molecule has 7 heteroatoms. The van der Waals surface area contributed by atoms with Crippen LogP contribution >= 0.6 is 28.3 Å². The summed E-state index contributed by atoms with van der Waals surface area (Å²) in [6, 6.07) is 6.39. The van der Waals surface area contributed by atoms with Crippen molar-refractivity contribution in [3.63, 3.8) is 0 Å². The summed E-state index contributed by atoms with van der Waals surface area (Å²) >= 11 is 3.56. The quantitative estimate of drug-likeness (QED) is 0.858. The number of aryl methyl sites for hydroxylation is 1. The molecule has 1 aliphatic heterocycles. The molecule has 1 saturated heterocycles. The maximum Gasteiger partial charge on any atom is 0.250 e. The summed E-state index contributed by atoms with van der Waals surface area (Å²) in [6.07, 6.45) is 3.83. The number of hydrogen-bond donors (Lipinski definition) is 1. The molecule has 0 saturated carbocycles. The maximum atomic E-state index is 5.33. The Kier molecular flexibility index (Phi) is 6.35. The Bertz CT molecular complexity index is 688. The first-order valence-electron chi connectivity index (χ1n) is 7.32.